The summed E-state index contributed by atoms with van der Waals surface area (Å²) in [5.41, 5.74) is 0.381. The minimum absolute atomic E-state index is 0.0942. The van der Waals surface area contributed by atoms with Crippen molar-refractivity contribution in [1.82, 2.24) is 10.2 Å². The molecule has 1 saturated carbocycles. The summed E-state index contributed by atoms with van der Waals surface area (Å²) in [4.78, 5) is 12.2. The van der Waals surface area contributed by atoms with Crippen molar-refractivity contribution in [2.75, 3.05) is 7.11 Å². The summed E-state index contributed by atoms with van der Waals surface area (Å²) < 4.78 is 39.8. The van der Waals surface area contributed by atoms with Gasteiger partial charge in [0.2, 0.25) is 0 Å². The average molecular weight is 402 g/mol. The lowest BCUT2D eigenvalue weighted by atomic mass is 9.77. The van der Waals surface area contributed by atoms with Crippen LogP contribution >= 0.6 is 0 Å². The third-order valence-corrected chi connectivity index (χ3v) is 6.68. The number of fused-ring (bicyclic) bond motifs is 5. The molecule has 4 rings (SSSR count). The van der Waals surface area contributed by atoms with Crippen LogP contribution in [0.2, 0.25) is 0 Å². The summed E-state index contributed by atoms with van der Waals surface area (Å²) >= 11 is 0. The number of nitrogens with zero attached hydrogens (tertiary/aromatic N) is 2. The Morgan fingerprint density at radius 1 is 1.28 bits per heavy atom. The highest BCUT2D eigenvalue weighted by Gasteiger charge is 2.65. The summed E-state index contributed by atoms with van der Waals surface area (Å²) in [7, 11) is 1.34. The number of benzene rings is 1. The van der Waals surface area contributed by atoms with Crippen LogP contribution in [0.25, 0.3) is 11.3 Å². The first-order chi connectivity index (χ1) is 13.8. The number of rotatable bonds is 5. The molecule has 7 heteroatoms. The average Bonchev–Trinajstić information content (AvgIpc) is 3.05. The molecule has 2 aliphatic rings. The molecule has 0 radical (unpaired) electrons. The number of carbonyl (C=O) groups is 1. The molecule has 2 bridgehead atoms. The van der Waals surface area contributed by atoms with E-state index in [4.69, 9.17) is 9.47 Å². The van der Waals surface area contributed by atoms with Crippen molar-refractivity contribution in [1.29, 1.82) is 0 Å². The van der Waals surface area contributed by atoms with Gasteiger partial charge in [-0.25, -0.2) is 13.6 Å². The van der Waals surface area contributed by atoms with E-state index in [-0.39, 0.29) is 22.6 Å². The zero-order valence-corrected chi connectivity index (χ0v) is 17.0. The van der Waals surface area contributed by atoms with E-state index in [1.165, 1.54) is 25.3 Å². The van der Waals surface area contributed by atoms with Gasteiger partial charge in [0.1, 0.15) is 17.2 Å². The van der Waals surface area contributed by atoms with Crippen LogP contribution in [0.15, 0.2) is 24.3 Å². The van der Waals surface area contributed by atoms with Crippen molar-refractivity contribution in [2.45, 2.75) is 57.7 Å². The van der Waals surface area contributed by atoms with Gasteiger partial charge in [-0.1, -0.05) is 26.8 Å². The molecule has 0 unspecified atom stereocenters. The van der Waals surface area contributed by atoms with Crippen LogP contribution in [-0.2, 0) is 19.9 Å². The standard InChI is InChI=1S/C22H24F2N2O3/c1-5-17(20(27)28-4)29-22-10-9-13(21(22,2)3)12-11-16(25-26-19(12)22)18-14(23)7-6-8-15(18)24/h6-8,11,13,17H,5,9-10H2,1-4H3/t13-,17+,22-/m0/s1. The van der Waals surface area contributed by atoms with Gasteiger partial charge in [0.05, 0.1) is 24.1 Å². The molecule has 1 aromatic heterocycles. The SMILES string of the molecule is CC[C@@H](O[C@@]12CC[C@@H](c3cc(-c4c(F)cccc4F)nnc31)C2(C)C)C(=O)OC. The van der Waals surface area contributed by atoms with Crippen molar-refractivity contribution in [3.63, 3.8) is 0 Å². The number of hydrogen-bond donors (Lipinski definition) is 0. The van der Waals surface area contributed by atoms with E-state index < -0.39 is 29.3 Å². The molecule has 1 aromatic carbocycles. The largest absolute Gasteiger partial charge is 0.467 e. The van der Waals surface area contributed by atoms with Crippen molar-refractivity contribution < 1.29 is 23.0 Å². The topological polar surface area (TPSA) is 61.3 Å². The monoisotopic (exact) mass is 402 g/mol. The number of ether oxygens (including phenoxy) is 2. The Kier molecular flexibility index (Phi) is 4.69. The zero-order chi connectivity index (χ0) is 21.0. The molecular formula is C22H24F2N2O3. The molecule has 0 spiro atoms. The lowest BCUT2D eigenvalue weighted by Crippen LogP contribution is -2.44. The molecule has 2 aliphatic carbocycles. The van der Waals surface area contributed by atoms with E-state index in [0.29, 0.717) is 18.5 Å². The molecule has 0 saturated heterocycles. The lowest BCUT2D eigenvalue weighted by Gasteiger charge is -2.39. The van der Waals surface area contributed by atoms with Gasteiger partial charge in [0.15, 0.2) is 6.10 Å². The highest BCUT2D eigenvalue weighted by Crippen LogP contribution is 2.68. The second-order valence-corrected chi connectivity index (χ2v) is 8.31. The number of halogens is 2. The number of esters is 1. The van der Waals surface area contributed by atoms with Crippen molar-refractivity contribution in [2.24, 2.45) is 5.41 Å². The Balaban J connectivity index is 1.82. The van der Waals surface area contributed by atoms with Gasteiger partial charge in [-0.3, -0.25) is 0 Å². The van der Waals surface area contributed by atoms with Gasteiger partial charge >= 0.3 is 5.97 Å². The molecule has 0 N–H and O–H groups in total. The molecule has 0 aliphatic heterocycles. The Morgan fingerprint density at radius 3 is 2.59 bits per heavy atom. The molecular weight excluding hydrogens is 378 g/mol. The highest BCUT2D eigenvalue weighted by atomic mass is 19.1. The quantitative estimate of drug-likeness (QED) is 0.689. The Labute approximate surface area is 168 Å². The van der Waals surface area contributed by atoms with Gasteiger partial charge in [-0.2, -0.15) is 5.10 Å². The van der Waals surface area contributed by atoms with E-state index in [1.54, 1.807) is 6.07 Å². The summed E-state index contributed by atoms with van der Waals surface area (Å²) in [5, 5.41) is 8.52. The Morgan fingerprint density at radius 2 is 1.97 bits per heavy atom. The molecule has 3 atom stereocenters. The van der Waals surface area contributed by atoms with Gasteiger partial charge < -0.3 is 9.47 Å². The minimum Gasteiger partial charge on any atom is -0.467 e. The Bertz CT molecular complexity index is 958. The fraction of sp³-hybridized carbons (Fsp3) is 0.500. The second kappa shape index (κ2) is 6.83. The summed E-state index contributed by atoms with van der Waals surface area (Å²) in [6.07, 6.45) is 1.29. The fourth-order valence-electron chi connectivity index (χ4n) is 5.07. The highest BCUT2D eigenvalue weighted by molar-refractivity contribution is 5.74. The third kappa shape index (κ3) is 2.70. The summed E-state index contributed by atoms with van der Waals surface area (Å²) in [6, 6.07) is 5.45. The molecule has 1 heterocycles. The molecule has 154 valence electrons. The molecule has 5 nitrogen and oxygen atoms in total. The number of aromatic nitrogens is 2. The van der Waals surface area contributed by atoms with Crippen LogP contribution in [0.1, 0.15) is 57.2 Å². The first-order valence-electron chi connectivity index (χ1n) is 9.85. The normalized spacial score (nSPS) is 25.0. The number of hydrogen-bond acceptors (Lipinski definition) is 5. The van der Waals surface area contributed by atoms with Crippen molar-refractivity contribution in [3.8, 4) is 11.3 Å². The van der Waals surface area contributed by atoms with Gasteiger partial charge in [0, 0.05) is 5.41 Å². The van der Waals surface area contributed by atoms with Gasteiger partial charge in [-0.05, 0) is 48.9 Å². The first-order valence-corrected chi connectivity index (χ1v) is 9.85. The van der Waals surface area contributed by atoms with E-state index in [9.17, 15) is 13.6 Å². The van der Waals surface area contributed by atoms with Crippen LogP contribution in [0, 0.1) is 17.0 Å². The number of carbonyl (C=O) groups excluding carboxylic acids is 1. The zero-order valence-electron chi connectivity index (χ0n) is 17.0. The smallest absolute Gasteiger partial charge is 0.335 e. The van der Waals surface area contributed by atoms with E-state index >= 15 is 0 Å². The summed E-state index contributed by atoms with van der Waals surface area (Å²) in [6.45, 7) is 6.03. The molecule has 29 heavy (non-hydrogen) atoms. The lowest BCUT2D eigenvalue weighted by molar-refractivity contribution is -0.184. The molecule has 0 amide bonds. The van der Waals surface area contributed by atoms with Gasteiger partial charge in [-0.15, -0.1) is 5.10 Å². The number of methoxy groups -OCH3 is 1. The third-order valence-electron chi connectivity index (χ3n) is 6.68. The first kappa shape index (κ1) is 19.9. The van der Waals surface area contributed by atoms with E-state index in [2.05, 4.69) is 24.0 Å². The van der Waals surface area contributed by atoms with Gasteiger partial charge in [0.25, 0.3) is 0 Å². The maximum atomic E-state index is 14.3. The molecule has 2 aromatic rings. The second-order valence-electron chi connectivity index (χ2n) is 8.31. The Hall–Kier alpha value is -2.41. The predicted molar refractivity (Wildman–Crippen MR) is 102 cm³/mol. The molecule has 1 fully saturated rings. The van der Waals surface area contributed by atoms with E-state index in [1.807, 2.05) is 6.92 Å². The van der Waals surface area contributed by atoms with Crippen LogP contribution in [0.3, 0.4) is 0 Å². The van der Waals surface area contributed by atoms with Crippen LogP contribution in [0.5, 0.6) is 0 Å². The fourth-order valence-corrected chi connectivity index (χ4v) is 5.07. The van der Waals surface area contributed by atoms with Crippen molar-refractivity contribution >= 4 is 5.97 Å². The maximum Gasteiger partial charge on any atom is 0.335 e. The minimum atomic E-state index is -0.791. The van der Waals surface area contributed by atoms with Crippen LogP contribution < -0.4 is 0 Å². The van der Waals surface area contributed by atoms with E-state index in [0.717, 1.165) is 12.0 Å². The van der Waals surface area contributed by atoms with Crippen LogP contribution in [0.4, 0.5) is 8.78 Å². The maximum absolute atomic E-state index is 14.3. The predicted octanol–water partition coefficient (Wildman–Crippen LogP) is 4.50. The van der Waals surface area contributed by atoms with Crippen molar-refractivity contribution in [3.05, 3.63) is 47.2 Å². The summed E-state index contributed by atoms with van der Waals surface area (Å²) in [5.74, 6) is -1.68. The van der Waals surface area contributed by atoms with Crippen LogP contribution in [-0.4, -0.2) is 29.4 Å².